The Kier molecular flexibility index (Phi) is 1.90. The van der Waals surface area contributed by atoms with E-state index in [0.717, 1.165) is 0 Å². The van der Waals surface area contributed by atoms with Crippen LogP contribution in [-0.2, 0) is 0 Å². The summed E-state index contributed by atoms with van der Waals surface area (Å²) in [6, 6.07) is 2.04. The third kappa shape index (κ3) is 1.45. The molecule has 1 fully saturated rings. The molecule has 0 amide bonds. The fourth-order valence-corrected chi connectivity index (χ4v) is 1.01. The second-order valence-corrected chi connectivity index (χ2v) is 2.72. The van der Waals surface area contributed by atoms with E-state index in [4.69, 9.17) is 16.2 Å². The van der Waals surface area contributed by atoms with Gasteiger partial charge in [0.2, 0.25) is 0 Å². The van der Waals surface area contributed by atoms with Crippen molar-refractivity contribution in [3.8, 4) is 6.07 Å². The summed E-state index contributed by atoms with van der Waals surface area (Å²) in [4.78, 5) is 0. The molecule has 0 atom stereocenters. The molecule has 1 saturated heterocycles. The second-order valence-electron chi connectivity index (χ2n) is 2.72. The third-order valence-corrected chi connectivity index (χ3v) is 1.85. The molecule has 1 rings (SSSR count). The van der Waals surface area contributed by atoms with Crippen LogP contribution in [0.5, 0.6) is 0 Å². The van der Waals surface area contributed by atoms with Crippen molar-refractivity contribution in [2.45, 2.75) is 18.4 Å². The number of hydroxylamine groups is 2. The molecule has 0 bridgehead atoms. The Labute approximate surface area is 59.8 Å². The highest BCUT2D eigenvalue weighted by atomic mass is 16.5. The molecule has 56 valence electrons. The Morgan fingerprint density at radius 2 is 2.00 bits per heavy atom. The van der Waals surface area contributed by atoms with Crippen LogP contribution in [0.1, 0.15) is 12.8 Å². The molecule has 1 aliphatic rings. The summed E-state index contributed by atoms with van der Waals surface area (Å²) in [7, 11) is 0. The predicted molar refractivity (Wildman–Crippen MR) is 35.1 cm³/mol. The average molecular weight is 141 g/mol. The molecule has 0 saturated carbocycles. The molecule has 0 radical (unpaired) electrons. The first-order valence-electron chi connectivity index (χ1n) is 3.30. The highest BCUT2D eigenvalue weighted by Gasteiger charge is 2.29. The van der Waals surface area contributed by atoms with Crippen molar-refractivity contribution in [2.75, 3.05) is 13.1 Å². The zero-order chi connectivity index (χ0) is 7.61. The normalized spacial score (nSPS) is 25.7. The molecule has 0 aromatic heterocycles. The molecule has 3 N–H and O–H groups in total. The highest BCUT2D eigenvalue weighted by Crippen LogP contribution is 2.16. The molecule has 1 aliphatic heterocycles. The van der Waals surface area contributed by atoms with Gasteiger partial charge in [-0.05, 0) is 12.8 Å². The topological polar surface area (TPSA) is 73.3 Å². The molecule has 4 nitrogen and oxygen atoms in total. The second kappa shape index (κ2) is 2.54. The maximum Gasteiger partial charge on any atom is 0.106 e. The molecule has 0 unspecified atom stereocenters. The van der Waals surface area contributed by atoms with Crippen LogP contribution >= 0.6 is 0 Å². The number of nitrogens with two attached hydrogens (primary N) is 1. The van der Waals surface area contributed by atoms with Crippen molar-refractivity contribution in [3.63, 3.8) is 0 Å². The van der Waals surface area contributed by atoms with E-state index in [-0.39, 0.29) is 0 Å². The van der Waals surface area contributed by atoms with Crippen LogP contribution in [0.2, 0.25) is 0 Å². The monoisotopic (exact) mass is 141 g/mol. The summed E-state index contributed by atoms with van der Waals surface area (Å²) in [5.41, 5.74) is 4.93. The van der Waals surface area contributed by atoms with Gasteiger partial charge in [0, 0.05) is 13.1 Å². The van der Waals surface area contributed by atoms with Gasteiger partial charge in [-0.25, -0.2) is 0 Å². The Morgan fingerprint density at radius 1 is 1.50 bits per heavy atom. The number of hydrogen-bond donors (Lipinski definition) is 2. The summed E-state index contributed by atoms with van der Waals surface area (Å²) in [5.74, 6) is 0. The van der Waals surface area contributed by atoms with Gasteiger partial charge in [0.15, 0.2) is 0 Å². The molecule has 0 aromatic rings. The van der Waals surface area contributed by atoms with E-state index in [0.29, 0.717) is 25.9 Å². The van der Waals surface area contributed by atoms with Crippen molar-refractivity contribution in [2.24, 2.45) is 5.73 Å². The predicted octanol–water partition coefficient (Wildman–Crippen LogP) is -0.308. The summed E-state index contributed by atoms with van der Waals surface area (Å²) in [6.45, 7) is 1.01. The van der Waals surface area contributed by atoms with Gasteiger partial charge in [-0.1, -0.05) is 0 Å². The first kappa shape index (κ1) is 7.48. The van der Waals surface area contributed by atoms with E-state index in [9.17, 15) is 0 Å². The maximum atomic E-state index is 8.91. The van der Waals surface area contributed by atoms with E-state index in [1.54, 1.807) is 0 Å². The standard InChI is InChI=1S/C6H11N3O/c7-5-6(8)1-3-9(10)4-2-6/h10H,1-4,8H2. The minimum Gasteiger partial charge on any atom is -0.314 e. The molecule has 1 heterocycles. The summed E-state index contributed by atoms with van der Waals surface area (Å²) < 4.78 is 0. The van der Waals surface area contributed by atoms with Crippen LogP contribution in [0, 0.1) is 11.3 Å². The van der Waals surface area contributed by atoms with Crippen LogP contribution in [-0.4, -0.2) is 28.9 Å². The molecule has 4 heteroatoms. The number of nitriles is 1. The Bertz CT molecular complexity index is 155. The smallest absolute Gasteiger partial charge is 0.106 e. The summed E-state index contributed by atoms with van der Waals surface area (Å²) >= 11 is 0. The van der Waals surface area contributed by atoms with Crippen molar-refractivity contribution >= 4 is 0 Å². The zero-order valence-electron chi connectivity index (χ0n) is 5.75. The maximum absolute atomic E-state index is 8.91. The quantitative estimate of drug-likeness (QED) is 0.485. The van der Waals surface area contributed by atoms with Gasteiger partial charge in [-0.2, -0.15) is 10.3 Å². The lowest BCUT2D eigenvalue weighted by atomic mass is 9.91. The van der Waals surface area contributed by atoms with Gasteiger partial charge >= 0.3 is 0 Å². The van der Waals surface area contributed by atoms with Crippen LogP contribution in [0.3, 0.4) is 0 Å². The fourth-order valence-electron chi connectivity index (χ4n) is 1.01. The summed E-state index contributed by atoms with van der Waals surface area (Å²) in [6.07, 6.45) is 1.11. The fraction of sp³-hybridized carbons (Fsp3) is 0.833. The third-order valence-electron chi connectivity index (χ3n) is 1.85. The Morgan fingerprint density at radius 3 is 2.40 bits per heavy atom. The van der Waals surface area contributed by atoms with Crippen molar-refractivity contribution < 1.29 is 5.21 Å². The number of nitrogens with zero attached hydrogens (tertiary/aromatic N) is 2. The van der Waals surface area contributed by atoms with Crippen LogP contribution in [0.4, 0.5) is 0 Å². The Balaban J connectivity index is 2.48. The molecule has 0 aromatic carbocycles. The minimum absolute atomic E-state index is 0.504. The van der Waals surface area contributed by atoms with E-state index >= 15 is 0 Å². The highest BCUT2D eigenvalue weighted by molar-refractivity contribution is 5.06. The van der Waals surface area contributed by atoms with Gasteiger partial charge < -0.3 is 10.9 Å². The molecule has 0 aliphatic carbocycles. The molecule has 10 heavy (non-hydrogen) atoms. The van der Waals surface area contributed by atoms with E-state index < -0.39 is 5.54 Å². The number of rotatable bonds is 0. The van der Waals surface area contributed by atoms with E-state index in [2.05, 4.69) is 0 Å². The van der Waals surface area contributed by atoms with Gasteiger partial charge in [0.05, 0.1) is 6.07 Å². The first-order valence-corrected chi connectivity index (χ1v) is 3.30. The zero-order valence-corrected chi connectivity index (χ0v) is 5.75. The van der Waals surface area contributed by atoms with Gasteiger partial charge in [-0.3, -0.25) is 0 Å². The molecular weight excluding hydrogens is 130 g/mol. The summed E-state index contributed by atoms with van der Waals surface area (Å²) in [5, 5.41) is 18.7. The SMILES string of the molecule is N#CC1(N)CCN(O)CC1. The largest absolute Gasteiger partial charge is 0.314 e. The van der Waals surface area contributed by atoms with Crippen molar-refractivity contribution in [1.29, 1.82) is 5.26 Å². The van der Waals surface area contributed by atoms with E-state index in [1.165, 1.54) is 5.06 Å². The first-order chi connectivity index (χ1) is 4.66. The lowest BCUT2D eigenvalue weighted by Gasteiger charge is -2.30. The minimum atomic E-state index is -0.695. The lowest BCUT2D eigenvalue weighted by molar-refractivity contribution is -0.110. The van der Waals surface area contributed by atoms with Crippen LogP contribution in [0.15, 0.2) is 0 Å². The average Bonchev–Trinajstić information content (AvgIpc) is 1.96. The van der Waals surface area contributed by atoms with Crippen LogP contribution < -0.4 is 5.73 Å². The molecular formula is C6H11N3O. The number of hydrogen-bond acceptors (Lipinski definition) is 4. The van der Waals surface area contributed by atoms with Crippen molar-refractivity contribution in [1.82, 2.24) is 5.06 Å². The van der Waals surface area contributed by atoms with Crippen LogP contribution in [0.25, 0.3) is 0 Å². The lowest BCUT2D eigenvalue weighted by Crippen LogP contribution is -2.48. The van der Waals surface area contributed by atoms with Gasteiger partial charge in [-0.15, -0.1) is 0 Å². The molecule has 0 spiro atoms. The van der Waals surface area contributed by atoms with Gasteiger partial charge in [0.1, 0.15) is 5.54 Å². The Hall–Kier alpha value is -0.630. The van der Waals surface area contributed by atoms with Crippen molar-refractivity contribution in [3.05, 3.63) is 0 Å². The number of piperidine rings is 1. The van der Waals surface area contributed by atoms with Gasteiger partial charge in [0.25, 0.3) is 0 Å². The van der Waals surface area contributed by atoms with E-state index in [1.807, 2.05) is 6.07 Å².